The number of halogens is 2. The summed E-state index contributed by atoms with van der Waals surface area (Å²) >= 11 is 0. The maximum absolute atomic E-state index is 13.7. The molecule has 0 aliphatic rings. The van der Waals surface area contributed by atoms with E-state index in [-0.39, 0.29) is 0 Å². The molecular formula is C21H14F2N2O3. The highest BCUT2D eigenvalue weighted by molar-refractivity contribution is 6.04. The molecule has 3 aromatic carbocycles. The Morgan fingerprint density at radius 1 is 0.964 bits per heavy atom. The van der Waals surface area contributed by atoms with E-state index in [4.69, 9.17) is 4.42 Å². The average molecular weight is 380 g/mol. The zero-order valence-corrected chi connectivity index (χ0v) is 14.7. The predicted octanol–water partition coefficient (Wildman–Crippen LogP) is 4.33. The maximum Gasteiger partial charge on any atom is 0.419 e. The molecule has 0 atom stereocenters. The van der Waals surface area contributed by atoms with Gasteiger partial charge in [0.15, 0.2) is 5.58 Å². The molecular weight excluding hydrogens is 366 g/mol. The number of benzene rings is 3. The van der Waals surface area contributed by atoms with Crippen LogP contribution in [0.3, 0.4) is 0 Å². The Labute approximate surface area is 157 Å². The van der Waals surface area contributed by atoms with Crippen molar-refractivity contribution in [2.45, 2.75) is 0 Å². The summed E-state index contributed by atoms with van der Waals surface area (Å²) in [5, 5.41) is 2.48. The van der Waals surface area contributed by atoms with E-state index < -0.39 is 28.9 Å². The number of fused-ring (bicyclic) bond motifs is 1. The van der Waals surface area contributed by atoms with Crippen LogP contribution in [-0.4, -0.2) is 10.5 Å². The molecule has 1 N–H and O–H groups in total. The molecule has 0 aliphatic carbocycles. The third kappa shape index (κ3) is 3.07. The third-order valence-corrected chi connectivity index (χ3v) is 4.46. The van der Waals surface area contributed by atoms with Gasteiger partial charge < -0.3 is 9.73 Å². The fourth-order valence-electron chi connectivity index (χ4n) is 2.96. The zero-order valence-electron chi connectivity index (χ0n) is 14.7. The van der Waals surface area contributed by atoms with Crippen LogP contribution in [0.5, 0.6) is 0 Å². The second kappa shape index (κ2) is 6.77. The minimum atomic E-state index is -0.923. The van der Waals surface area contributed by atoms with Crippen molar-refractivity contribution in [1.82, 2.24) is 4.57 Å². The average Bonchev–Trinajstić information content (AvgIpc) is 2.96. The largest absolute Gasteiger partial charge is 0.419 e. The maximum atomic E-state index is 13.7. The third-order valence-electron chi connectivity index (χ3n) is 4.46. The van der Waals surface area contributed by atoms with E-state index in [9.17, 15) is 18.4 Å². The normalized spacial score (nSPS) is 11.0. The lowest BCUT2D eigenvalue weighted by atomic mass is 10.0. The van der Waals surface area contributed by atoms with E-state index in [1.165, 1.54) is 10.6 Å². The van der Waals surface area contributed by atoms with Gasteiger partial charge in [-0.05, 0) is 47.5 Å². The van der Waals surface area contributed by atoms with Crippen LogP contribution in [0, 0.1) is 11.6 Å². The highest BCUT2D eigenvalue weighted by Crippen LogP contribution is 2.25. The van der Waals surface area contributed by atoms with Gasteiger partial charge in [-0.2, -0.15) is 0 Å². The molecule has 0 fully saturated rings. The SMILES string of the molecule is Cn1c(=O)oc2ccc(-c3ccc(NC(=O)c4c(F)cccc4F)cc3)cc21. The van der Waals surface area contributed by atoms with Crippen molar-refractivity contribution in [2.75, 3.05) is 5.32 Å². The van der Waals surface area contributed by atoms with Crippen LogP contribution in [0.4, 0.5) is 14.5 Å². The Bertz CT molecular complexity index is 1240. The van der Waals surface area contributed by atoms with Crippen molar-refractivity contribution in [1.29, 1.82) is 0 Å². The second-order valence-corrected chi connectivity index (χ2v) is 6.24. The molecule has 1 heterocycles. The molecule has 5 nitrogen and oxygen atoms in total. The smallest absolute Gasteiger partial charge is 0.408 e. The lowest BCUT2D eigenvalue weighted by molar-refractivity contribution is 0.101. The highest BCUT2D eigenvalue weighted by atomic mass is 19.1. The van der Waals surface area contributed by atoms with Crippen LogP contribution in [-0.2, 0) is 7.05 Å². The molecule has 4 rings (SSSR count). The Morgan fingerprint density at radius 2 is 1.61 bits per heavy atom. The lowest BCUT2D eigenvalue weighted by Crippen LogP contribution is -2.15. The van der Waals surface area contributed by atoms with Crippen molar-refractivity contribution in [3.05, 3.63) is 88.4 Å². The molecule has 0 radical (unpaired) electrons. The first-order valence-corrected chi connectivity index (χ1v) is 8.39. The van der Waals surface area contributed by atoms with Crippen molar-refractivity contribution in [3.63, 3.8) is 0 Å². The number of anilines is 1. The highest BCUT2D eigenvalue weighted by Gasteiger charge is 2.17. The van der Waals surface area contributed by atoms with Crippen LogP contribution in [0.1, 0.15) is 10.4 Å². The number of nitrogens with zero attached hydrogens (tertiary/aromatic N) is 1. The van der Waals surface area contributed by atoms with Gasteiger partial charge in [0.25, 0.3) is 5.91 Å². The van der Waals surface area contributed by atoms with Gasteiger partial charge in [0.1, 0.15) is 17.2 Å². The van der Waals surface area contributed by atoms with E-state index >= 15 is 0 Å². The van der Waals surface area contributed by atoms with Gasteiger partial charge >= 0.3 is 5.76 Å². The number of oxazole rings is 1. The Hall–Kier alpha value is -3.74. The minimum Gasteiger partial charge on any atom is -0.408 e. The summed E-state index contributed by atoms with van der Waals surface area (Å²) in [5.74, 6) is -3.15. The summed E-state index contributed by atoms with van der Waals surface area (Å²) in [6.07, 6.45) is 0. The summed E-state index contributed by atoms with van der Waals surface area (Å²) < 4.78 is 34.0. The molecule has 0 saturated heterocycles. The molecule has 0 bridgehead atoms. The lowest BCUT2D eigenvalue weighted by Gasteiger charge is -2.08. The second-order valence-electron chi connectivity index (χ2n) is 6.24. The van der Waals surface area contributed by atoms with E-state index in [0.29, 0.717) is 16.8 Å². The number of carbonyl (C=O) groups is 1. The van der Waals surface area contributed by atoms with Crippen LogP contribution in [0.25, 0.3) is 22.2 Å². The Balaban J connectivity index is 1.60. The predicted molar refractivity (Wildman–Crippen MR) is 101 cm³/mol. The number of amides is 1. The molecule has 7 heteroatoms. The first kappa shape index (κ1) is 17.7. The number of hydrogen-bond acceptors (Lipinski definition) is 3. The van der Waals surface area contributed by atoms with Gasteiger partial charge in [0.05, 0.1) is 5.52 Å². The summed E-state index contributed by atoms with van der Waals surface area (Å²) in [7, 11) is 1.62. The molecule has 1 aromatic heterocycles. The fourth-order valence-corrected chi connectivity index (χ4v) is 2.96. The zero-order chi connectivity index (χ0) is 19.8. The van der Waals surface area contributed by atoms with E-state index in [1.807, 2.05) is 12.1 Å². The molecule has 140 valence electrons. The molecule has 28 heavy (non-hydrogen) atoms. The van der Waals surface area contributed by atoms with Crippen LogP contribution in [0.2, 0.25) is 0 Å². The van der Waals surface area contributed by atoms with Gasteiger partial charge in [-0.15, -0.1) is 0 Å². The van der Waals surface area contributed by atoms with Crippen molar-refractivity contribution < 1.29 is 18.0 Å². The quantitative estimate of drug-likeness (QED) is 0.575. The Morgan fingerprint density at radius 3 is 2.29 bits per heavy atom. The van der Waals surface area contributed by atoms with Crippen LogP contribution >= 0.6 is 0 Å². The number of rotatable bonds is 3. The molecule has 0 aliphatic heterocycles. The van der Waals surface area contributed by atoms with Gasteiger partial charge in [-0.25, -0.2) is 13.6 Å². The number of nitrogens with one attached hydrogen (secondary N) is 1. The fraction of sp³-hybridized carbons (Fsp3) is 0.0476. The molecule has 0 spiro atoms. The standard InChI is InChI=1S/C21H14F2N2O3/c1-25-17-11-13(7-10-18(17)28-21(25)27)12-5-8-14(9-6-12)24-20(26)19-15(22)3-2-4-16(19)23/h2-11H,1H3,(H,24,26). The van der Waals surface area contributed by atoms with E-state index in [2.05, 4.69) is 5.32 Å². The summed E-state index contributed by atoms with van der Waals surface area (Å²) in [5.41, 5.74) is 2.61. The van der Waals surface area contributed by atoms with Crippen molar-refractivity contribution >= 4 is 22.7 Å². The van der Waals surface area contributed by atoms with Crippen LogP contribution < -0.4 is 11.1 Å². The monoisotopic (exact) mass is 380 g/mol. The minimum absolute atomic E-state index is 0.396. The topological polar surface area (TPSA) is 64.2 Å². The Kier molecular flexibility index (Phi) is 4.27. The molecule has 0 unspecified atom stereocenters. The summed E-state index contributed by atoms with van der Waals surface area (Å²) in [6.45, 7) is 0. The summed E-state index contributed by atoms with van der Waals surface area (Å²) in [6, 6.07) is 15.4. The summed E-state index contributed by atoms with van der Waals surface area (Å²) in [4.78, 5) is 23.8. The first-order valence-electron chi connectivity index (χ1n) is 8.39. The van der Waals surface area contributed by atoms with Crippen molar-refractivity contribution in [2.24, 2.45) is 7.05 Å². The molecule has 0 saturated carbocycles. The van der Waals surface area contributed by atoms with Gasteiger partial charge in [0, 0.05) is 12.7 Å². The molecule has 4 aromatic rings. The van der Waals surface area contributed by atoms with E-state index in [0.717, 1.165) is 23.3 Å². The van der Waals surface area contributed by atoms with Crippen molar-refractivity contribution in [3.8, 4) is 11.1 Å². The van der Waals surface area contributed by atoms with Gasteiger partial charge in [-0.1, -0.05) is 24.3 Å². The number of aryl methyl sites for hydroxylation is 1. The number of aromatic nitrogens is 1. The number of hydrogen-bond donors (Lipinski definition) is 1. The number of carbonyl (C=O) groups excluding carboxylic acids is 1. The van der Waals surface area contributed by atoms with Gasteiger partial charge in [0.2, 0.25) is 0 Å². The van der Waals surface area contributed by atoms with Gasteiger partial charge in [-0.3, -0.25) is 9.36 Å². The first-order chi connectivity index (χ1) is 13.4. The van der Waals surface area contributed by atoms with Crippen LogP contribution in [0.15, 0.2) is 69.9 Å². The van der Waals surface area contributed by atoms with E-state index in [1.54, 1.807) is 37.4 Å². The molecule has 1 amide bonds.